The minimum Gasteiger partial charge on any atom is -0.493 e. The van der Waals surface area contributed by atoms with Gasteiger partial charge in [-0.1, -0.05) is 12.1 Å². The van der Waals surface area contributed by atoms with E-state index in [4.69, 9.17) is 23.4 Å². The number of fused-ring (bicyclic) bond motifs is 1. The van der Waals surface area contributed by atoms with Crippen molar-refractivity contribution < 1.29 is 23.4 Å². The molecule has 0 aliphatic carbocycles. The highest BCUT2D eigenvalue weighted by Gasteiger charge is 2.17. The molecule has 9 nitrogen and oxygen atoms in total. The van der Waals surface area contributed by atoms with E-state index in [1.807, 2.05) is 12.1 Å². The van der Waals surface area contributed by atoms with E-state index in [9.17, 15) is 4.79 Å². The number of hydrogen-bond donors (Lipinski definition) is 1. The molecule has 0 saturated carbocycles. The molecular formula is C21H19N3O6. The fourth-order valence-electron chi connectivity index (χ4n) is 3.05. The number of aromatic amines is 1. The van der Waals surface area contributed by atoms with Crippen LogP contribution in [0.2, 0.25) is 0 Å². The Bertz CT molecular complexity index is 1220. The topological polar surface area (TPSA) is 109 Å². The van der Waals surface area contributed by atoms with Gasteiger partial charge in [-0.2, -0.15) is 5.10 Å². The number of hydrogen-bond acceptors (Lipinski definition) is 8. The molecule has 0 unspecified atom stereocenters. The lowest BCUT2D eigenvalue weighted by molar-refractivity contribution is 0.297. The molecule has 30 heavy (non-hydrogen) atoms. The van der Waals surface area contributed by atoms with Gasteiger partial charge in [-0.3, -0.25) is 5.10 Å². The average Bonchev–Trinajstić information content (AvgIpc) is 3.25. The van der Waals surface area contributed by atoms with Crippen molar-refractivity contribution in [2.45, 2.75) is 6.61 Å². The van der Waals surface area contributed by atoms with Crippen LogP contribution in [0.4, 0.5) is 0 Å². The van der Waals surface area contributed by atoms with E-state index in [-0.39, 0.29) is 6.61 Å². The number of H-pyrrole nitrogens is 1. The number of methoxy groups -OCH3 is 3. The van der Waals surface area contributed by atoms with Gasteiger partial charge in [-0.15, -0.1) is 0 Å². The molecule has 2 heterocycles. The van der Waals surface area contributed by atoms with Crippen LogP contribution in [0, 0.1) is 0 Å². The van der Waals surface area contributed by atoms with E-state index in [1.54, 1.807) is 38.5 Å². The predicted molar refractivity (Wildman–Crippen MR) is 108 cm³/mol. The molecule has 0 aliphatic rings. The van der Waals surface area contributed by atoms with Crippen molar-refractivity contribution in [1.29, 1.82) is 0 Å². The summed E-state index contributed by atoms with van der Waals surface area (Å²) in [6.07, 6.45) is 0. The van der Waals surface area contributed by atoms with Gasteiger partial charge in [0.15, 0.2) is 23.1 Å². The lowest BCUT2D eigenvalue weighted by Gasteiger charge is -2.12. The van der Waals surface area contributed by atoms with Gasteiger partial charge in [0.05, 0.1) is 32.8 Å². The largest absolute Gasteiger partial charge is 0.493 e. The Kier molecular flexibility index (Phi) is 5.25. The Morgan fingerprint density at radius 3 is 2.40 bits per heavy atom. The third kappa shape index (κ3) is 3.64. The Balaban J connectivity index is 1.60. The van der Waals surface area contributed by atoms with Crippen LogP contribution in [0.25, 0.3) is 22.4 Å². The van der Waals surface area contributed by atoms with Crippen molar-refractivity contribution in [3.8, 4) is 34.4 Å². The Labute approximate surface area is 171 Å². The van der Waals surface area contributed by atoms with E-state index in [0.29, 0.717) is 51.2 Å². The summed E-state index contributed by atoms with van der Waals surface area (Å²) in [5, 5.41) is 7.77. The third-order valence-corrected chi connectivity index (χ3v) is 4.43. The van der Waals surface area contributed by atoms with Gasteiger partial charge in [0.1, 0.15) is 17.9 Å². The standard InChI is InChI=1S/C21H19N3O6/c1-26-16-8-12(9-17(27-2)20(16)28-3)21-22-18(23-24-21)11-29-15-10-19(25)30-14-7-5-4-6-13(14)15/h4-10H,11H2,1-3H3,(H,22,23,24). The highest BCUT2D eigenvalue weighted by atomic mass is 16.5. The Morgan fingerprint density at radius 2 is 1.70 bits per heavy atom. The highest BCUT2D eigenvalue weighted by molar-refractivity contribution is 5.82. The maximum absolute atomic E-state index is 11.8. The molecular weight excluding hydrogens is 390 g/mol. The lowest BCUT2D eigenvalue weighted by atomic mass is 10.1. The fourth-order valence-corrected chi connectivity index (χ4v) is 3.05. The lowest BCUT2D eigenvalue weighted by Crippen LogP contribution is -2.03. The number of benzene rings is 2. The van der Waals surface area contributed by atoms with Gasteiger partial charge in [0, 0.05) is 5.56 Å². The van der Waals surface area contributed by atoms with Crippen molar-refractivity contribution in [3.05, 3.63) is 58.7 Å². The van der Waals surface area contributed by atoms with Crippen molar-refractivity contribution >= 4 is 11.0 Å². The van der Waals surface area contributed by atoms with E-state index in [0.717, 1.165) is 0 Å². The quantitative estimate of drug-likeness (QED) is 0.464. The number of nitrogens with one attached hydrogen (secondary N) is 1. The van der Waals surface area contributed by atoms with Crippen molar-refractivity contribution in [1.82, 2.24) is 15.2 Å². The van der Waals surface area contributed by atoms with Gasteiger partial charge in [0.25, 0.3) is 0 Å². The van der Waals surface area contributed by atoms with Crippen LogP contribution in [0.1, 0.15) is 5.82 Å². The van der Waals surface area contributed by atoms with E-state index < -0.39 is 5.63 Å². The monoisotopic (exact) mass is 409 g/mol. The molecule has 4 aromatic rings. The summed E-state index contributed by atoms with van der Waals surface area (Å²) >= 11 is 0. The zero-order valence-corrected chi connectivity index (χ0v) is 16.6. The second kappa shape index (κ2) is 8.16. The maximum Gasteiger partial charge on any atom is 0.339 e. The minimum absolute atomic E-state index is 0.0882. The van der Waals surface area contributed by atoms with Crippen molar-refractivity contribution in [2.24, 2.45) is 0 Å². The second-order valence-corrected chi connectivity index (χ2v) is 6.23. The first-order chi connectivity index (χ1) is 14.6. The number of para-hydroxylation sites is 1. The summed E-state index contributed by atoms with van der Waals surface area (Å²) in [5.74, 6) is 2.81. The zero-order valence-electron chi connectivity index (χ0n) is 16.6. The molecule has 0 spiro atoms. The molecule has 154 valence electrons. The first-order valence-corrected chi connectivity index (χ1v) is 9.00. The van der Waals surface area contributed by atoms with Crippen LogP contribution in [0.3, 0.4) is 0 Å². The minimum atomic E-state index is -0.487. The van der Waals surface area contributed by atoms with Crippen molar-refractivity contribution in [2.75, 3.05) is 21.3 Å². The third-order valence-electron chi connectivity index (χ3n) is 4.43. The molecule has 0 amide bonds. The Hall–Kier alpha value is -4.01. The summed E-state index contributed by atoms with van der Waals surface area (Å²) in [6.45, 7) is 0.0882. The average molecular weight is 409 g/mol. The SMILES string of the molecule is COc1cc(-c2n[nH]c(COc3cc(=O)oc4ccccc34)n2)cc(OC)c1OC. The number of rotatable bonds is 7. The van der Waals surface area contributed by atoms with Gasteiger partial charge in [0.2, 0.25) is 5.75 Å². The van der Waals surface area contributed by atoms with Gasteiger partial charge in [-0.05, 0) is 24.3 Å². The maximum atomic E-state index is 11.8. The molecule has 0 aliphatic heterocycles. The summed E-state index contributed by atoms with van der Waals surface area (Å²) in [4.78, 5) is 16.2. The molecule has 0 fully saturated rings. The molecule has 0 bridgehead atoms. The predicted octanol–water partition coefficient (Wildman–Crippen LogP) is 3.18. The summed E-state index contributed by atoms with van der Waals surface area (Å²) in [6, 6.07) is 12.0. The number of aromatic nitrogens is 3. The van der Waals surface area contributed by atoms with Crippen LogP contribution in [-0.4, -0.2) is 36.5 Å². The summed E-state index contributed by atoms with van der Waals surface area (Å²) in [7, 11) is 4.62. The van der Waals surface area contributed by atoms with E-state index >= 15 is 0 Å². The van der Waals surface area contributed by atoms with Crippen LogP contribution < -0.4 is 24.6 Å². The molecule has 0 atom stereocenters. The van der Waals surface area contributed by atoms with Crippen LogP contribution in [0.15, 0.2) is 51.7 Å². The second-order valence-electron chi connectivity index (χ2n) is 6.23. The van der Waals surface area contributed by atoms with Crippen molar-refractivity contribution in [3.63, 3.8) is 0 Å². The molecule has 2 aromatic heterocycles. The fraction of sp³-hybridized carbons (Fsp3) is 0.190. The molecule has 0 radical (unpaired) electrons. The summed E-state index contributed by atoms with van der Waals surface area (Å²) in [5.41, 5.74) is 0.646. The molecule has 0 saturated heterocycles. The van der Waals surface area contributed by atoms with Gasteiger partial charge < -0.3 is 23.4 Å². The van der Waals surface area contributed by atoms with E-state index in [2.05, 4.69) is 15.2 Å². The number of ether oxygens (including phenoxy) is 4. The van der Waals surface area contributed by atoms with Crippen LogP contribution in [-0.2, 0) is 6.61 Å². The first kappa shape index (κ1) is 19.3. The molecule has 1 N–H and O–H groups in total. The smallest absolute Gasteiger partial charge is 0.339 e. The zero-order chi connectivity index (χ0) is 21.1. The van der Waals surface area contributed by atoms with E-state index in [1.165, 1.54) is 13.2 Å². The first-order valence-electron chi connectivity index (χ1n) is 9.00. The van der Waals surface area contributed by atoms with Gasteiger partial charge in [-0.25, -0.2) is 9.78 Å². The number of nitrogens with zero attached hydrogens (tertiary/aromatic N) is 2. The normalized spacial score (nSPS) is 10.8. The van der Waals surface area contributed by atoms with Gasteiger partial charge >= 0.3 is 5.63 Å². The Morgan fingerprint density at radius 1 is 0.967 bits per heavy atom. The highest BCUT2D eigenvalue weighted by Crippen LogP contribution is 2.40. The molecule has 4 rings (SSSR count). The summed E-state index contributed by atoms with van der Waals surface area (Å²) < 4.78 is 27.0. The molecule has 9 heteroatoms. The van der Waals surface area contributed by atoms with Crippen LogP contribution >= 0.6 is 0 Å². The van der Waals surface area contributed by atoms with Crippen LogP contribution in [0.5, 0.6) is 23.0 Å². The molecule has 2 aromatic carbocycles.